The fourth-order valence-corrected chi connectivity index (χ4v) is 7.04. The highest BCUT2D eigenvalue weighted by atomic mass is 35.5. The molecule has 7 nitrogen and oxygen atoms in total. The Kier molecular flexibility index (Phi) is 9.88. The number of piperazine rings is 1. The second-order valence-corrected chi connectivity index (χ2v) is 12.7. The molecule has 1 amide bonds. The second-order valence-electron chi connectivity index (χ2n) is 11.4. The minimum Gasteiger partial charge on any atom is -0.497 e. The van der Waals surface area contributed by atoms with Gasteiger partial charge in [-0.05, 0) is 72.7 Å². The highest BCUT2D eigenvalue weighted by Crippen LogP contribution is 2.28. The molecule has 2 saturated heterocycles. The van der Waals surface area contributed by atoms with Crippen LogP contribution in [0.4, 0.5) is 11.5 Å². The van der Waals surface area contributed by atoms with Crippen LogP contribution in [0.25, 0.3) is 0 Å². The molecule has 3 heterocycles. The van der Waals surface area contributed by atoms with Crippen molar-refractivity contribution in [2.24, 2.45) is 5.92 Å². The Hall–Kier alpha value is -3.75. The molecule has 2 fully saturated rings. The van der Waals surface area contributed by atoms with Gasteiger partial charge in [-0.2, -0.15) is 0 Å². The Morgan fingerprint density at radius 2 is 1.55 bits per heavy atom. The lowest BCUT2D eigenvalue weighted by Gasteiger charge is -2.36. The lowest BCUT2D eigenvalue weighted by Crippen LogP contribution is -2.46. The van der Waals surface area contributed by atoms with Crippen LogP contribution in [0, 0.1) is 5.92 Å². The summed E-state index contributed by atoms with van der Waals surface area (Å²) in [7, 11) is 1.68. The van der Waals surface area contributed by atoms with Crippen molar-refractivity contribution < 1.29 is 9.53 Å². The lowest BCUT2D eigenvalue weighted by molar-refractivity contribution is 0.0690. The molecule has 0 bridgehead atoms. The number of anilines is 2. The molecule has 4 aromatic rings. The number of hydrogen-bond donors (Lipinski definition) is 0. The number of likely N-dealkylation sites (tertiary alicyclic amines) is 1. The van der Waals surface area contributed by atoms with Crippen molar-refractivity contribution in [1.29, 1.82) is 0 Å². The third kappa shape index (κ3) is 7.66. The van der Waals surface area contributed by atoms with Gasteiger partial charge in [-0.15, -0.1) is 0 Å². The zero-order chi connectivity index (χ0) is 30.3. The molecule has 2 aliphatic rings. The maximum absolute atomic E-state index is 13.4. The fraction of sp³-hybridized carbons (Fsp3) is 0.343. The van der Waals surface area contributed by atoms with Gasteiger partial charge in [0, 0.05) is 62.3 Å². The number of halogens is 1. The Morgan fingerprint density at radius 1 is 0.841 bits per heavy atom. The third-order valence-corrected chi connectivity index (χ3v) is 9.62. The van der Waals surface area contributed by atoms with Crippen LogP contribution in [0.5, 0.6) is 5.75 Å². The molecule has 9 heteroatoms. The summed E-state index contributed by atoms with van der Waals surface area (Å²) >= 11 is 7.99. The van der Waals surface area contributed by atoms with Crippen LogP contribution >= 0.6 is 23.4 Å². The molecule has 0 atom stereocenters. The Bertz CT molecular complexity index is 1540. The highest BCUT2D eigenvalue weighted by Gasteiger charge is 2.24. The number of nitrogens with zero attached hydrogens (tertiary/aromatic N) is 5. The monoisotopic (exact) mass is 627 g/mol. The molecule has 0 aliphatic carbocycles. The average molecular weight is 628 g/mol. The van der Waals surface area contributed by atoms with Crippen LogP contribution in [0.2, 0.25) is 5.15 Å². The molecule has 44 heavy (non-hydrogen) atoms. The summed E-state index contributed by atoms with van der Waals surface area (Å²) in [6, 6.07) is 28.6. The number of thioether (sulfide) groups is 1. The number of benzene rings is 3. The largest absolute Gasteiger partial charge is 0.497 e. The van der Waals surface area contributed by atoms with E-state index in [0.29, 0.717) is 22.0 Å². The SMILES string of the molecule is COc1ccc(N2CCN(c3cc(Cl)nc(SCc4cccc(C(=O)N5CCC(Cc6ccccc6)CC5)c4)n3)CC2)cc1. The molecular formula is C35H38ClN5O2S. The number of carbonyl (C=O) groups excluding carboxylic acids is 1. The number of aromatic nitrogens is 2. The Morgan fingerprint density at radius 3 is 2.27 bits per heavy atom. The van der Waals surface area contributed by atoms with Crippen molar-refractivity contribution in [1.82, 2.24) is 14.9 Å². The van der Waals surface area contributed by atoms with Gasteiger partial charge in [0.2, 0.25) is 0 Å². The van der Waals surface area contributed by atoms with Crippen molar-refractivity contribution in [3.8, 4) is 5.75 Å². The molecular weight excluding hydrogens is 590 g/mol. The number of carbonyl (C=O) groups is 1. The summed E-state index contributed by atoms with van der Waals surface area (Å²) in [6.07, 6.45) is 3.17. The Balaban J connectivity index is 1.02. The normalized spacial score (nSPS) is 15.8. The predicted octanol–water partition coefficient (Wildman–Crippen LogP) is 6.85. The van der Waals surface area contributed by atoms with E-state index in [2.05, 4.69) is 63.3 Å². The smallest absolute Gasteiger partial charge is 0.253 e. The first-order chi connectivity index (χ1) is 21.5. The lowest BCUT2D eigenvalue weighted by atomic mass is 9.90. The number of hydrogen-bond acceptors (Lipinski definition) is 7. The second kappa shape index (κ2) is 14.4. The molecule has 6 rings (SSSR count). The molecule has 0 unspecified atom stereocenters. The molecule has 2 aliphatic heterocycles. The van der Waals surface area contributed by atoms with Gasteiger partial charge in [0.05, 0.1) is 7.11 Å². The van der Waals surface area contributed by atoms with Crippen LogP contribution in [0.15, 0.2) is 90.1 Å². The predicted molar refractivity (Wildman–Crippen MR) is 179 cm³/mol. The minimum atomic E-state index is 0.116. The van der Waals surface area contributed by atoms with Crippen LogP contribution in [-0.4, -0.2) is 67.2 Å². The number of ether oxygens (including phenoxy) is 1. The average Bonchev–Trinajstić information content (AvgIpc) is 3.08. The maximum atomic E-state index is 13.4. The highest BCUT2D eigenvalue weighted by molar-refractivity contribution is 7.98. The van der Waals surface area contributed by atoms with Crippen molar-refractivity contribution in [3.63, 3.8) is 0 Å². The third-order valence-electron chi connectivity index (χ3n) is 8.51. The van der Waals surface area contributed by atoms with Crippen LogP contribution in [-0.2, 0) is 12.2 Å². The molecule has 0 radical (unpaired) electrons. The maximum Gasteiger partial charge on any atom is 0.253 e. The van der Waals surface area contributed by atoms with Gasteiger partial charge in [0.1, 0.15) is 16.7 Å². The van der Waals surface area contributed by atoms with E-state index in [1.165, 1.54) is 11.3 Å². The van der Waals surface area contributed by atoms with E-state index in [1.54, 1.807) is 18.9 Å². The van der Waals surface area contributed by atoms with Gasteiger partial charge in [-0.3, -0.25) is 4.79 Å². The quantitative estimate of drug-likeness (QED) is 0.114. The van der Waals surface area contributed by atoms with Gasteiger partial charge in [-0.1, -0.05) is 65.8 Å². The van der Waals surface area contributed by atoms with Crippen LogP contribution < -0.4 is 14.5 Å². The van der Waals surface area contributed by atoms with E-state index >= 15 is 0 Å². The molecule has 1 aromatic heterocycles. The number of methoxy groups -OCH3 is 1. The molecule has 3 aromatic carbocycles. The zero-order valence-electron chi connectivity index (χ0n) is 25.1. The first kappa shape index (κ1) is 30.3. The van der Waals surface area contributed by atoms with Crippen LogP contribution in [0.3, 0.4) is 0 Å². The number of rotatable bonds is 9. The number of amides is 1. The summed E-state index contributed by atoms with van der Waals surface area (Å²) in [4.78, 5) is 29.3. The van der Waals surface area contributed by atoms with E-state index < -0.39 is 0 Å². The molecule has 228 valence electrons. The summed E-state index contributed by atoms with van der Waals surface area (Å²) in [6.45, 7) is 5.09. The van der Waals surface area contributed by atoms with Gasteiger partial charge in [0.15, 0.2) is 5.16 Å². The minimum absolute atomic E-state index is 0.116. The van der Waals surface area contributed by atoms with E-state index in [1.807, 2.05) is 41.3 Å². The van der Waals surface area contributed by atoms with Gasteiger partial charge >= 0.3 is 0 Å². The van der Waals surface area contributed by atoms with Gasteiger partial charge in [0.25, 0.3) is 5.91 Å². The van der Waals surface area contributed by atoms with E-state index in [9.17, 15) is 4.79 Å². The topological polar surface area (TPSA) is 61.8 Å². The van der Waals surface area contributed by atoms with Gasteiger partial charge in [-0.25, -0.2) is 9.97 Å². The molecule has 0 saturated carbocycles. The summed E-state index contributed by atoms with van der Waals surface area (Å²) < 4.78 is 5.29. The zero-order valence-corrected chi connectivity index (χ0v) is 26.6. The van der Waals surface area contributed by atoms with E-state index in [4.69, 9.17) is 21.3 Å². The first-order valence-corrected chi connectivity index (χ1v) is 16.6. The first-order valence-electron chi connectivity index (χ1n) is 15.3. The van der Waals surface area contributed by atoms with Crippen molar-refractivity contribution in [2.75, 3.05) is 56.2 Å². The van der Waals surface area contributed by atoms with Gasteiger partial charge < -0.3 is 19.4 Å². The van der Waals surface area contributed by atoms with Crippen molar-refractivity contribution >= 4 is 40.8 Å². The summed E-state index contributed by atoms with van der Waals surface area (Å²) in [5.41, 5.74) is 4.38. The van der Waals surface area contributed by atoms with Crippen LogP contribution in [0.1, 0.15) is 34.3 Å². The van der Waals surface area contributed by atoms with Crippen molar-refractivity contribution in [3.05, 3.63) is 107 Å². The van der Waals surface area contributed by atoms with E-state index in [-0.39, 0.29) is 5.91 Å². The summed E-state index contributed by atoms with van der Waals surface area (Å²) in [5, 5.41) is 1.08. The summed E-state index contributed by atoms with van der Waals surface area (Å²) in [5.74, 6) is 3.11. The Labute approximate surface area is 269 Å². The molecule has 0 N–H and O–H groups in total. The van der Waals surface area contributed by atoms with Crippen molar-refractivity contribution in [2.45, 2.75) is 30.2 Å². The standard InChI is InChI=1S/C35H38ClN5O2S/c1-43-31-12-10-30(11-13-31)39-18-20-40(21-19-39)33-24-32(36)37-35(38-33)44-25-28-8-5-9-29(23-28)34(42)41-16-14-27(15-17-41)22-26-6-3-2-4-7-26/h2-13,23-24,27H,14-22,25H2,1H3. The number of piperidine rings is 1. The fourth-order valence-electron chi connectivity index (χ4n) is 6.01. The van der Waals surface area contributed by atoms with E-state index in [0.717, 1.165) is 81.2 Å². The molecule has 0 spiro atoms.